The van der Waals surface area contributed by atoms with Gasteiger partial charge < -0.3 is 5.11 Å². The van der Waals surface area contributed by atoms with Gasteiger partial charge in [0.25, 0.3) is 0 Å². The number of hydrogen-bond acceptors (Lipinski definition) is 3. The van der Waals surface area contributed by atoms with Crippen molar-refractivity contribution in [1.82, 2.24) is 9.88 Å². The van der Waals surface area contributed by atoms with Crippen LogP contribution in [-0.4, -0.2) is 27.1 Å². The fourth-order valence-electron chi connectivity index (χ4n) is 4.43. The van der Waals surface area contributed by atoms with Crippen LogP contribution in [0.5, 0.6) is 0 Å². The van der Waals surface area contributed by atoms with E-state index in [0.29, 0.717) is 12.8 Å². The van der Waals surface area contributed by atoms with Gasteiger partial charge in [-0.2, -0.15) is 13.2 Å². The molecule has 0 radical (unpaired) electrons. The maximum Gasteiger partial charge on any atom is 0.433 e. The minimum atomic E-state index is -4.50. The Hall–Kier alpha value is -1.92. The van der Waals surface area contributed by atoms with Crippen LogP contribution in [0.2, 0.25) is 0 Å². The first-order valence-electron chi connectivity index (χ1n) is 8.92. The lowest BCUT2D eigenvalue weighted by Crippen LogP contribution is -2.49. The minimum Gasteiger partial charge on any atom is -0.383 e. The van der Waals surface area contributed by atoms with Crippen molar-refractivity contribution >= 4 is 0 Å². The van der Waals surface area contributed by atoms with Gasteiger partial charge in [0.15, 0.2) is 0 Å². The number of hydrogen-bond donors (Lipinski definition) is 1. The predicted octanol–water partition coefficient (Wildman–Crippen LogP) is 4.12. The van der Waals surface area contributed by atoms with Crippen LogP contribution in [0.4, 0.5) is 13.2 Å². The third-order valence-electron chi connectivity index (χ3n) is 5.64. The van der Waals surface area contributed by atoms with Gasteiger partial charge in [-0.05, 0) is 43.4 Å². The average molecular weight is 362 g/mol. The van der Waals surface area contributed by atoms with Crippen LogP contribution < -0.4 is 0 Å². The quantitative estimate of drug-likeness (QED) is 0.893. The average Bonchev–Trinajstić information content (AvgIpc) is 2.86. The van der Waals surface area contributed by atoms with E-state index in [1.54, 1.807) is 0 Å². The number of aliphatic hydroxyl groups is 1. The summed E-state index contributed by atoms with van der Waals surface area (Å²) in [6, 6.07) is 14.3. The normalized spacial score (nSPS) is 29.1. The van der Waals surface area contributed by atoms with Gasteiger partial charge in [0.05, 0.1) is 5.69 Å². The highest BCUT2D eigenvalue weighted by Gasteiger charge is 2.49. The molecule has 2 unspecified atom stereocenters. The summed E-state index contributed by atoms with van der Waals surface area (Å²) in [6.07, 6.45) is -1.74. The molecule has 2 aromatic rings. The zero-order valence-electron chi connectivity index (χ0n) is 14.3. The second kappa shape index (κ2) is 6.35. The van der Waals surface area contributed by atoms with Crippen LogP contribution in [0.15, 0.2) is 48.5 Å². The van der Waals surface area contributed by atoms with E-state index < -0.39 is 17.5 Å². The summed E-state index contributed by atoms with van der Waals surface area (Å²) < 4.78 is 38.9. The van der Waals surface area contributed by atoms with Gasteiger partial charge in [-0.1, -0.05) is 36.4 Å². The summed E-state index contributed by atoms with van der Waals surface area (Å²) >= 11 is 0. The summed E-state index contributed by atoms with van der Waals surface area (Å²) in [7, 11) is 0. The topological polar surface area (TPSA) is 36.4 Å². The molecule has 3 nitrogen and oxygen atoms in total. The highest BCUT2D eigenvalue weighted by atomic mass is 19.4. The lowest BCUT2D eigenvalue weighted by Gasteiger charge is -2.43. The van der Waals surface area contributed by atoms with E-state index in [4.69, 9.17) is 0 Å². The van der Waals surface area contributed by atoms with Crippen molar-refractivity contribution in [2.24, 2.45) is 0 Å². The number of pyridine rings is 1. The lowest BCUT2D eigenvalue weighted by molar-refractivity contribution is -0.142. The Morgan fingerprint density at radius 1 is 1.00 bits per heavy atom. The van der Waals surface area contributed by atoms with Crippen LogP contribution in [0, 0.1) is 0 Å². The van der Waals surface area contributed by atoms with Gasteiger partial charge in [0.1, 0.15) is 11.3 Å². The smallest absolute Gasteiger partial charge is 0.383 e. The van der Waals surface area contributed by atoms with E-state index in [9.17, 15) is 18.3 Å². The molecule has 1 aromatic heterocycles. The van der Waals surface area contributed by atoms with Crippen LogP contribution in [0.25, 0.3) is 0 Å². The van der Waals surface area contributed by atoms with E-state index in [2.05, 4.69) is 22.0 Å². The Bertz CT molecular complexity index is 764. The van der Waals surface area contributed by atoms with Crippen molar-refractivity contribution in [3.8, 4) is 0 Å². The SMILES string of the molecule is OC1(c2cccc(C(F)(F)F)n2)CC2CCC(C1)N2Cc1ccccc1. The Labute approximate surface area is 150 Å². The molecule has 1 N–H and O–H groups in total. The molecule has 3 heterocycles. The molecular formula is C20H21F3N2O. The molecule has 0 amide bonds. The molecule has 0 aliphatic carbocycles. The third kappa shape index (κ3) is 3.23. The fraction of sp³-hybridized carbons (Fsp3) is 0.450. The van der Waals surface area contributed by atoms with Crippen LogP contribution in [-0.2, 0) is 18.3 Å². The van der Waals surface area contributed by atoms with Crippen LogP contribution in [0.3, 0.4) is 0 Å². The molecule has 1 aromatic carbocycles. The Morgan fingerprint density at radius 2 is 1.65 bits per heavy atom. The van der Waals surface area contributed by atoms with E-state index in [0.717, 1.165) is 25.5 Å². The first-order valence-corrected chi connectivity index (χ1v) is 8.92. The third-order valence-corrected chi connectivity index (χ3v) is 5.64. The molecule has 2 aliphatic rings. The number of fused-ring (bicyclic) bond motifs is 2. The summed E-state index contributed by atoms with van der Waals surface area (Å²) in [5.41, 5.74) is -0.876. The first kappa shape index (κ1) is 17.5. The molecule has 2 aliphatic heterocycles. The number of rotatable bonds is 3. The fourth-order valence-corrected chi connectivity index (χ4v) is 4.43. The first-order chi connectivity index (χ1) is 12.4. The van der Waals surface area contributed by atoms with Crippen molar-refractivity contribution in [3.05, 3.63) is 65.5 Å². The van der Waals surface area contributed by atoms with Gasteiger partial charge in [-0.25, -0.2) is 4.98 Å². The minimum absolute atomic E-state index is 0.142. The second-order valence-corrected chi connectivity index (χ2v) is 7.39. The zero-order chi connectivity index (χ0) is 18.4. The zero-order valence-corrected chi connectivity index (χ0v) is 14.3. The van der Waals surface area contributed by atoms with Crippen LogP contribution in [0.1, 0.15) is 42.6 Å². The van der Waals surface area contributed by atoms with Gasteiger partial charge >= 0.3 is 6.18 Å². The highest BCUT2D eigenvalue weighted by molar-refractivity contribution is 5.22. The number of halogens is 3. The molecule has 2 fully saturated rings. The monoisotopic (exact) mass is 362 g/mol. The number of aromatic nitrogens is 1. The molecule has 138 valence electrons. The second-order valence-electron chi connectivity index (χ2n) is 7.39. The molecule has 0 spiro atoms. The van der Waals surface area contributed by atoms with E-state index in [1.807, 2.05) is 18.2 Å². The Kier molecular flexibility index (Phi) is 4.28. The summed E-state index contributed by atoms with van der Waals surface area (Å²) in [6.45, 7) is 0.808. The molecule has 2 bridgehead atoms. The molecule has 2 atom stereocenters. The van der Waals surface area contributed by atoms with Gasteiger partial charge in [0.2, 0.25) is 0 Å². The van der Waals surface area contributed by atoms with E-state index >= 15 is 0 Å². The van der Waals surface area contributed by atoms with Crippen molar-refractivity contribution < 1.29 is 18.3 Å². The molecule has 0 saturated carbocycles. The van der Waals surface area contributed by atoms with Gasteiger partial charge in [-0.3, -0.25) is 4.90 Å². The predicted molar refractivity (Wildman–Crippen MR) is 91.2 cm³/mol. The van der Waals surface area contributed by atoms with Crippen molar-refractivity contribution in [3.63, 3.8) is 0 Å². The molecule has 6 heteroatoms. The number of benzene rings is 1. The Balaban J connectivity index is 1.56. The number of piperidine rings is 1. The molecule has 26 heavy (non-hydrogen) atoms. The van der Waals surface area contributed by atoms with Gasteiger partial charge in [-0.15, -0.1) is 0 Å². The summed E-state index contributed by atoms with van der Waals surface area (Å²) in [5.74, 6) is 0. The van der Waals surface area contributed by atoms with E-state index in [-0.39, 0.29) is 17.8 Å². The molecular weight excluding hydrogens is 341 g/mol. The Morgan fingerprint density at radius 3 is 2.27 bits per heavy atom. The summed E-state index contributed by atoms with van der Waals surface area (Å²) in [5, 5.41) is 11.1. The van der Waals surface area contributed by atoms with Crippen molar-refractivity contribution in [2.75, 3.05) is 0 Å². The van der Waals surface area contributed by atoms with Gasteiger partial charge in [0, 0.05) is 18.6 Å². The number of alkyl halides is 3. The largest absolute Gasteiger partial charge is 0.433 e. The molecule has 4 rings (SSSR count). The number of nitrogens with zero attached hydrogens (tertiary/aromatic N) is 2. The molecule has 2 saturated heterocycles. The summed E-state index contributed by atoms with van der Waals surface area (Å²) in [4.78, 5) is 6.14. The van der Waals surface area contributed by atoms with Crippen LogP contribution >= 0.6 is 0 Å². The van der Waals surface area contributed by atoms with Crippen molar-refractivity contribution in [2.45, 2.75) is 56.1 Å². The standard InChI is InChI=1S/C20H21F3N2O/c21-20(22,23)18-8-4-7-17(24-18)19(26)11-15-9-10-16(12-19)25(15)13-14-5-2-1-3-6-14/h1-8,15-16,26H,9-13H2. The lowest BCUT2D eigenvalue weighted by atomic mass is 9.83. The van der Waals surface area contributed by atoms with E-state index in [1.165, 1.54) is 17.7 Å². The maximum atomic E-state index is 13.0. The maximum absolute atomic E-state index is 13.0. The highest BCUT2D eigenvalue weighted by Crippen LogP contribution is 2.46. The van der Waals surface area contributed by atoms with Crippen molar-refractivity contribution in [1.29, 1.82) is 0 Å².